The lowest BCUT2D eigenvalue weighted by atomic mass is 9.74. The van der Waals surface area contributed by atoms with Crippen LogP contribution in [0.5, 0.6) is 5.75 Å². The molecule has 0 bridgehead atoms. The number of halogens is 3. The van der Waals surface area contributed by atoms with Gasteiger partial charge in [-0.3, -0.25) is 0 Å². The van der Waals surface area contributed by atoms with Gasteiger partial charge in [0.2, 0.25) is 0 Å². The maximum Gasteiger partial charge on any atom is 0.119 e. The summed E-state index contributed by atoms with van der Waals surface area (Å²) in [4.78, 5) is 2.27. The van der Waals surface area contributed by atoms with Crippen molar-refractivity contribution in [3.05, 3.63) is 29.8 Å². The second kappa shape index (κ2) is 14.1. The molecule has 26 heavy (non-hydrogen) atoms. The molecule has 0 atom stereocenters. The van der Waals surface area contributed by atoms with E-state index in [-0.39, 0.29) is 5.41 Å². The zero-order chi connectivity index (χ0) is 19.3. The van der Waals surface area contributed by atoms with Crippen molar-refractivity contribution in [2.24, 2.45) is 0 Å². The summed E-state index contributed by atoms with van der Waals surface area (Å²) in [6.07, 6.45) is 4.11. The summed E-state index contributed by atoms with van der Waals surface area (Å²) in [5.74, 6) is 2.34. The summed E-state index contributed by atoms with van der Waals surface area (Å²) in [7, 11) is 4.28. The summed E-state index contributed by atoms with van der Waals surface area (Å²) in [6, 6.07) is 8.59. The van der Waals surface area contributed by atoms with Gasteiger partial charge in [-0.2, -0.15) is 0 Å². The third kappa shape index (κ3) is 8.79. The summed E-state index contributed by atoms with van der Waals surface area (Å²) in [5, 5.41) is 1.02. The van der Waals surface area contributed by atoms with Crippen LogP contribution in [-0.4, -0.2) is 62.5 Å². The molecular formula is C20H32BrCl2NO2. The van der Waals surface area contributed by atoms with E-state index in [2.05, 4.69) is 59.2 Å². The highest BCUT2D eigenvalue weighted by Gasteiger charge is 2.34. The van der Waals surface area contributed by atoms with E-state index in [4.69, 9.17) is 32.7 Å². The molecule has 0 unspecified atom stereocenters. The van der Waals surface area contributed by atoms with E-state index >= 15 is 0 Å². The zero-order valence-electron chi connectivity index (χ0n) is 16.0. The topological polar surface area (TPSA) is 21.7 Å². The van der Waals surface area contributed by atoms with Crippen LogP contribution in [0.1, 0.15) is 31.2 Å². The smallest absolute Gasteiger partial charge is 0.119 e. The predicted molar refractivity (Wildman–Crippen MR) is 117 cm³/mol. The van der Waals surface area contributed by atoms with Crippen LogP contribution >= 0.6 is 39.1 Å². The molecule has 6 heteroatoms. The minimum atomic E-state index is 0.205. The molecule has 1 aliphatic heterocycles. The van der Waals surface area contributed by atoms with Crippen molar-refractivity contribution in [2.45, 2.75) is 31.1 Å². The standard InChI is InChI=1S/C17H26ClNO2.C3H6BrCl/c1-19(2)14-17(8-12-20-13-9-17)15-4-6-16(7-5-15)21-11-3-10-18;4-2-1-3-5/h4-7H,3,8-14H2,1-2H3;1-3H2. The number of benzene rings is 1. The summed E-state index contributed by atoms with van der Waals surface area (Å²) in [6.45, 7) is 3.44. The van der Waals surface area contributed by atoms with Crippen LogP contribution in [0, 0.1) is 0 Å². The lowest BCUT2D eigenvalue weighted by Crippen LogP contribution is -2.42. The van der Waals surface area contributed by atoms with E-state index in [9.17, 15) is 0 Å². The molecule has 1 aromatic carbocycles. The minimum Gasteiger partial charge on any atom is -0.494 e. The summed E-state index contributed by atoms with van der Waals surface area (Å²) in [5.41, 5.74) is 1.60. The Morgan fingerprint density at radius 1 is 1.08 bits per heavy atom. The molecule has 1 heterocycles. The molecule has 150 valence electrons. The Balaban J connectivity index is 0.000000597. The highest BCUT2D eigenvalue weighted by molar-refractivity contribution is 9.09. The maximum absolute atomic E-state index is 5.68. The van der Waals surface area contributed by atoms with E-state index in [1.54, 1.807) is 0 Å². The van der Waals surface area contributed by atoms with Gasteiger partial charge in [0.1, 0.15) is 5.75 Å². The van der Waals surface area contributed by atoms with E-state index in [0.717, 1.165) is 62.4 Å². The molecule has 0 aromatic heterocycles. The molecule has 1 fully saturated rings. The molecule has 1 aliphatic rings. The molecule has 0 spiro atoms. The lowest BCUT2D eigenvalue weighted by Gasteiger charge is -2.39. The Kier molecular flexibility index (Phi) is 13.0. The predicted octanol–water partition coefficient (Wildman–Crippen LogP) is 5.31. The lowest BCUT2D eigenvalue weighted by molar-refractivity contribution is 0.0401. The molecule has 2 rings (SSSR count). The second-order valence-corrected chi connectivity index (χ2v) is 8.33. The molecule has 1 aromatic rings. The third-order valence-corrected chi connectivity index (χ3v) is 5.44. The zero-order valence-corrected chi connectivity index (χ0v) is 19.1. The fourth-order valence-corrected chi connectivity index (χ4v) is 3.95. The number of likely N-dealkylation sites (N-methyl/N-ethyl adjacent to an activating group) is 1. The fourth-order valence-electron chi connectivity index (χ4n) is 3.11. The highest BCUT2D eigenvalue weighted by Crippen LogP contribution is 2.36. The quantitative estimate of drug-likeness (QED) is 0.361. The number of rotatable bonds is 9. The molecule has 1 saturated heterocycles. The van der Waals surface area contributed by atoms with Gasteiger partial charge >= 0.3 is 0 Å². The molecule has 0 saturated carbocycles. The first-order chi connectivity index (χ1) is 12.6. The van der Waals surface area contributed by atoms with Crippen LogP contribution in [0.4, 0.5) is 0 Å². The van der Waals surface area contributed by atoms with E-state index < -0.39 is 0 Å². The summed E-state index contributed by atoms with van der Waals surface area (Å²) < 4.78 is 11.2. The van der Waals surface area contributed by atoms with Crippen molar-refractivity contribution in [2.75, 3.05) is 57.6 Å². The van der Waals surface area contributed by atoms with Crippen LogP contribution in [0.2, 0.25) is 0 Å². The molecule has 0 radical (unpaired) electrons. The van der Waals surface area contributed by atoms with Crippen molar-refractivity contribution in [1.82, 2.24) is 4.90 Å². The molecule has 0 amide bonds. The van der Waals surface area contributed by atoms with Gasteiger partial charge in [0.05, 0.1) is 6.61 Å². The van der Waals surface area contributed by atoms with Crippen molar-refractivity contribution in [3.63, 3.8) is 0 Å². The van der Waals surface area contributed by atoms with E-state index in [1.807, 2.05) is 0 Å². The number of hydrogen-bond acceptors (Lipinski definition) is 3. The second-order valence-electron chi connectivity index (χ2n) is 6.78. The minimum absolute atomic E-state index is 0.205. The van der Waals surface area contributed by atoms with Crippen molar-refractivity contribution < 1.29 is 9.47 Å². The largest absolute Gasteiger partial charge is 0.494 e. The first-order valence-electron chi connectivity index (χ1n) is 9.21. The SMILES string of the molecule is CN(C)CC1(c2ccc(OCCCCl)cc2)CCOCC1.ClCCCBr. The first kappa shape index (κ1) is 24.0. The molecular weight excluding hydrogens is 437 g/mol. The Morgan fingerprint density at radius 3 is 2.15 bits per heavy atom. The van der Waals surface area contributed by atoms with Crippen molar-refractivity contribution >= 4 is 39.1 Å². The van der Waals surface area contributed by atoms with Crippen LogP contribution in [-0.2, 0) is 10.2 Å². The Bertz CT molecular complexity index is 463. The number of ether oxygens (including phenoxy) is 2. The average Bonchev–Trinajstić information content (AvgIpc) is 2.64. The number of hydrogen-bond donors (Lipinski definition) is 0. The monoisotopic (exact) mass is 467 g/mol. The van der Waals surface area contributed by atoms with E-state index in [1.165, 1.54) is 5.56 Å². The Labute approximate surface area is 177 Å². The molecule has 3 nitrogen and oxygen atoms in total. The Morgan fingerprint density at radius 2 is 1.69 bits per heavy atom. The first-order valence-corrected chi connectivity index (χ1v) is 11.4. The van der Waals surface area contributed by atoms with Gasteiger partial charge in [0, 0.05) is 42.3 Å². The van der Waals surface area contributed by atoms with Crippen LogP contribution in [0.15, 0.2) is 24.3 Å². The fraction of sp³-hybridized carbons (Fsp3) is 0.700. The normalized spacial score (nSPS) is 16.1. The highest BCUT2D eigenvalue weighted by atomic mass is 79.9. The number of nitrogens with zero attached hydrogens (tertiary/aromatic N) is 1. The summed E-state index contributed by atoms with van der Waals surface area (Å²) >= 11 is 14.2. The number of alkyl halides is 3. The average molecular weight is 469 g/mol. The van der Waals surface area contributed by atoms with E-state index in [0.29, 0.717) is 12.5 Å². The Hall–Kier alpha value is -0.000000000000000167. The van der Waals surface area contributed by atoms with Gasteiger partial charge < -0.3 is 14.4 Å². The van der Waals surface area contributed by atoms with Gasteiger partial charge in [0.25, 0.3) is 0 Å². The van der Waals surface area contributed by atoms with Gasteiger partial charge in [-0.25, -0.2) is 0 Å². The molecule has 0 N–H and O–H groups in total. The van der Waals surface area contributed by atoms with Gasteiger partial charge in [-0.05, 0) is 57.5 Å². The van der Waals surface area contributed by atoms with Crippen LogP contribution < -0.4 is 4.74 Å². The maximum atomic E-state index is 5.68. The van der Waals surface area contributed by atoms with Crippen molar-refractivity contribution in [1.29, 1.82) is 0 Å². The van der Waals surface area contributed by atoms with Crippen molar-refractivity contribution in [3.8, 4) is 5.75 Å². The van der Waals surface area contributed by atoms with Gasteiger partial charge in [-0.15, -0.1) is 23.2 Å². The van der Waals surface area contributed by atoms with Crippen LogP contribution in [0.3, 0.4) is 0 Å². The third-order valence-electron chi connectivity index (χ3n) is 4.35. The molecule has 0 aliphatic carbocycles. The van der Waals surface area contributed by atoms with Gasteiger partial charge in [0.15, 0.2) is 0 Å². The van der Waals surface area contributed by atoms with Gasteiger partial charge in [-0.1, -0.05) is 28.1 Å². The van der Waals surface area contributed by atoms with Crippen LogP contribution in [0.25, 0.3) is 0 Å².